The smallest absolute Gasteiger partial charge is 0.446 e. The molecule has 3 nitrogen and oxygen atoms in total. The van der Waals surface area contributed by atoms with Gasteiger partial charge in [0.1, 0.15) is 11.4 Å². The van der Waals surface area contributed by atoms with Crippen molar-refractivity contribution in [2.75, 3.05) is 7.11 Å². The van der Waals surface area contributed by atoms with Crippen molar-refractivity contribution >= 4 is 11.8 Å². The maximum absolute atomic E-state index is 12.3. The van der Waals surface area contributed by atoms with E-state index in [0.29, 0.717) is 11.4 Å². The van der Waals surface area contributed by atoms with Crippen molar-refractivity contribution in [1.29, 1.82) is 0 Å². The first-order valence-corrected chi connectivity index (χ1v) is 5.75. The summed E-state index contributed by atoms with van der Waals surface area (Å²) in [5.74, 6) is 0.463. The molecule has 1 aromatic carbocycles. The van der Waals surface area contributed by atoms with E-state index in [1.54, 1.807) is 18.5 Å². The van der Waals surface area contributed by atoms with Gasteiger partial charge in [0, 0.05) is 17.3 Å². The number of thioether (sulfide) groups is 1. The predicted molar refractivity (Wildman–Crippen MR) is 62.0 cm³/mol. The van der Waals surface area contributed by atoms with Crippen molar-refractivity contribution in [3.05, 3.63) is 36.7 Å². The summed E-state index contributed by atoms with van der Waals surface area (Å²) in [4.78, 5) is 0.0915. The standard InChI is InChI=1S/C11H9F3N2OS/c1-17-10-4-3-8(18-11(12,13)14)7-9(10)16-6-2-5-15-16/h2-7H,1H3. The van der Waals surface area contributed by atoms with E-state index >= 15 is 0 Å². The predicted octanol–water partition coefficient (Wildman–Crippen LogP) is 3.49. The van der Waals surface area contributed by atoms with Gasteiger partial charge in [-0.3, -0.25) is 0 Å². The van der Waals surface area contributed by atoms with E-state index in [1.807, 2.05) is 0 Å². The third-order valence-corrected chi connectivity index (χ3v) is 2.86. The minimum Gasteiger partial charge on any atom is -0.494 e. The van der Waals surface area contributed by atoms with Crippen LogP contribution in [-0.4, -0.2) is 22.4 Å². The molecule has 1 heterocycles. The fraction of sp³-hybridized carbons (Fsp3) is 0.182. The molecule has 2 aromatic rings. The van der Waals surface area contributed by atoms with Crippen LogP contribution >= 0.6 is 11.8 Å². The van der Waals surface area contributed by atoms with Crippen LogP contribution in [0, 0.1) is 0 Å². The second-order valence-electron chi connectivity index (χ2n) is 3.33. The highest BCUT2D eigenvalue weighted by Gasteiger charge is 2.29. The Morgan fingerprint density at radius 2 is 2.11 bits per heavy atom. The Bertz CT molecular complexity index is 526. The van der Waals surface area contributed by atoms with Crippen LogP contribution in [0.25, 0.3) is 5.69 Å². The van der Waals surface area contributed by atoms with Gasteiger partial charge in [0.25, 0.3) is 0 Å². The average molecular weight is 274 g/mol. The fourth-order valence-electron chi connectivity index (χ4n) is 1.46. The second kappa shape index (κ2) is 4.93. The van der Waals surface area contributed by atoms with Gasteiger partial charge in [-0.2, -0.15) is 18.3 Å². The van der Waals surface area contributed by atoms with Gasteiger partial charge in [-0.1, -0.05) is 0 Å². The Labute approximate surface area is 106 Å². The van der Waals surface area contributed by atoms with Gasteiger partial charge in [-0.25, -0.2) is 4.68 Å². The third-order valence-electron chi connectivity index (χ3n) is 2.14. The summed E-state index contributed by atoms with van der Waals surface area (Å²) in [6, 6.07) is 5.93. The average Bonchev–Trinajstić information content (AvgIpc) is 2.80. The van der Waals surface area contributed by atoms with Gasteiger partial charge < -0.3 is 4.74 Å². The molecule has 0 unspecified atom stereocenters. The summed E-state index contributed by atoms with van der Waals surface area (Å²) < 4.78 is 43.5. The van der Waals surface area contributed by atoms with E-state index in [0.717, 1.165) is 0 Å². The maximum Gasteiger partial charge on any atom is 0.446 e. The van der Waals surface area contributed by atoms with Crippen LogP contribution in [0.1, 0.15) is 0 Å². The number of methoxy groups -OCH3 is 1. The van der Waals surface area contributed by atoms with Crippen LogP contribution < -0.4 is 4.74 Å². The SMILES string of the molecule is COc1ccc(SC(F)(F)F)cc1-n1cccn1. The Hall–Kier alpha value is -1.63. The van der Waals surface area contributed by atoms with Gasteiger partial charge in [-0.05, 0) is 36.0 Å². The first kappa shape index (κ1) is 12.8. The summed E-state index contributed by atoms with van der Waals surface area (Å²) in [6.45, 7) is 0. The summed E-state index contributed by atoms with van der Waals surface area (Å²) in [5.41, 5.74) is -3.84. The zero-order valence-corrected chi connectivity index (χ0v) is 10.1. The Kier molecular flexibility index (Phi) is 3.51. The van der Waals surface area contributed by atoms with Crippen LogP contribution in [0.2, 0.25) is 0 Å². The lowest BCUT2D eigenvalue weighted by Crippen LogP contribution is -2.02. The van der Waals surface area contributed by atoms with Gasteiger partial charge in [0.15, 0.2) is 0 Å². The molecule has 0 saturated heterocycles. The largest absolute Gasteiger partial charge is 0.494 e. The molecule has 0 spiro atoms. The van der Waals surface area contributed by atoms with E-state index in [2.05, 4.69) is 5.10 Å². The number of halogens is 3. The zero-order valence-electron chi connectivity index (χ0n) is 9.31. The lowest BCUT2D eigenvalue weighted by molar-refractivity contribution is -0.0328. The van der Waals surface area contributed by atoms with E-state index in [9.17, 15) is 13.2 Å². The summed E-state index contributed by atoms with van der Waals surface area (Å²) in [7, 11) is 1.46. The second-order valence-corrected chi connectivity index (χ2v) is 4.47. The number of hydrogen-bond donors (Lipinski definition) is 0. The van der Waals surface area contributed by atoms with Gasteiger partial charge in [0.2, 0.25) is 0 Å². The quantitative estimate of drug-likeness (QED) is 0.802. The molecular formula is C11H9F3N2OS. The summed E-state index contributed by atoms with van der Waals surface area (Å²) >= 11 is -0.165. The van der Waals surface area contributed by atoms with Crippen LogP contribution in [0.5, 0.6) is 5.75 Å². The lowest BCUT2D eigenvalue weighted by atomic mass is 10.3. The molecule has 2 rings (SSSR count). The highest BCUT2D eigenvalue weighted by atomic mass is 32.2. The van der Waals surface area contributed by atoms with E-state index in [4.69, 9.17) is 4.74 Å². The number of alkyl halides is 3. The number of ether oxygens (including phenoxy) is 1. The van der Waals surface area contributed by atoms with E-state index in [1.165, 1.54) is 30.0 Å². The number of hydrogen-bond acceptors (Lipinski definition) is 3. The molecule has 0 aliphatic heterocycles. The minimum atomic E-state index is -4.31. The first-order valence-electron chi connectivity index (χ1n) is 4.93. The number of benzene rings is 1. The van der Waals surface area contributed by atoms with Gasteiger partial charge >= 0.3 is 5.51 Å². The van der Waals surface area contributed by atoms with Crippen LogP contribution in [0.15, 0.2) is 41.6 Å². The highest BCUT2D eigenvalue weighted by molar-refractivity contribution is 8.00. The molecule has 18 heavy (non-hydrogen) atoms. The molecule has 0 N–H and O–H groups in total. The Morgan fingerprint density at radius 1 is 1.33 bits per heavy atom. The van der Waals surface area contributed by atoms with Crippen molar-refractivity contribution in [2.45, 2.75) is 10.4 Å². The molecular weight excluding hydrogens is 265 g/mol. The topological polar surface area (TPSA) is 27.1 Å². The highest BCUT2D eigenvalue weighted by Crippen LogP contribution is 2.38. The molecule has 0 saturated carbocycles. The number of aromatic nitrogens is 2. The number of rotatable bonds is 3. The molecule has 1 aromatic heterocycles. The van der Waals surface area contributed by atoms with Gasteiger partial charge in [0.05, 0.1) is 7.11 Å². The molecule has 0 amide bonds. The lowest BCUT2D eigenvalue weighted by Gasteiger charge is -2.11. The number of nitrogens with zero attached hydrogens (tertiary/aromatic N) is 2. The van der Waals surface area contributed by atoms with E-state index < -0.39 is 5.51 Å². The third kappa shape index (κ3) is 2.98. The fourth-order valence-corrected chi connectivity index (χ4v) is 2.03. The Morgan fingerprint density at radius 3 is 2.67 bits per heavy atom. The van der Waals surface area contributed by atoms with E-state index in [-0.39, 0.29) is 16.7 Å². The van der Waals surface area contributed by atoms with Crippen LogP contribution in [-0.2, 0) is 0 Å². The summed E-state index contributed by atoms with van der Waals surface area (Å²) in [6.07, 6.45) is 3.18. The van der Waals surface area contributed by atoms with Crippen molar-refractivity contribution in [2.24, 2.45) is 0 Å². The monoisotopic (exact) mass is 274 g/mol. The molecule has 0 atom stereocenters. The van der Waals surface area contributed by atoms with Crippen LogP contribution in [0.3, 0.4) is 0 Å². The zero-order chi connectivity index (χ0) is 13.2. The molecule has 0 fully saturated rings. The molecule has 96 valence electrons. The van der Waals surface area contributed by atoms with Crippen molar-refractivity contribution < 1.29 is 17.9 Å². The normalized spacial score (nSPS) is 11.6. The van der Waals surface area contributed by atoms with Crippen LogP contribution in [0.4, 0.5) is 13.2 Å². The van der Waals surface area contributed by atoms with Crippen molar-refractivity contribution in [3.63, 3.8) is 0 Å². The van der Waals surface area contributed by atoms with Gasteiger partial charge in [-0.15, -0.1) is 0 Å². The molecule has 0 bridgehead atoms. The first-order chi connectivity index (χ1) is 8.49. The molecule has 0 radical (unpaired) electrons. The molecule has 0 aliphatic rings. The molecule has 7 heteroatoms. The Balaban J connectivity index is 2.40. The minimum absolute atomic E-state index is 0.0915. The summed E-state index contributed by atoms with van der Waals surface area (Å²) in [5, 5.41) is 3.98. The van der Waals surface area contributed by atoms with Crippen molar-refractivity contribution in [1.82, 2.24) is 9.78 Å². The van der Waals surface area contributed by atoms with Crippen molar-refractivity contribution in [3.8, 4) is 11.4 Å². The maximum atomic E-state index is 12.3. The molecule has 0 aliphatic carbocycles.